The molecule has 1 aromatic heterocycles. The molecule has 0 aliphatic carbocycles. The third-order valence-corrected chi connectivity index (χ3v) is 7.45. The summed E-state index contributed by atoms with van der Waals surface area (Å²) in [4.78, 5) is 23.4. The Morgan fingerprint density at radius 1 is 1.36 bits per heavy atom. The standard InChI is InChI=1S/C18H19BrFN3O3S2/c1-2-27-18-21-9-15(19)16(22-18)17(24)23(14-7-8-28(25,26)11-14)10-12-3-5-13(20)6-4-12/h3-6,9,14H,2,7-8,10-11H2,1H3. The van der Waals surface area contributed by atoms with Crippen LogP contribution in [0, 0.1) is 5.82 Å². The van der Waals surface area contributed by atoms with Gasteiger partial charge in [0.2, 0.25) is 0 Å². The lowest BCUT2D eigenvalue weighted by atomic mass is 10.1. The number of rotatable bonds is 6. The smallest absolute Gasteiger partial charge is 0.274 e. The molecule has 1 unspecified atom stereocenters. The highest BCUT2D eigenvalue weighted by Crippen LogP contribution is 2.25. The minimum Gasteiger partial charge on any atom is -0.329 e. The lowest BCUT2D eigenvalue weighted by molar-refractivity contribution is 0.0672. The Morgan fingerprint density at radius 3 is 2.68 bits per heavy atom. The van der Waals surface area contributed by atoms with Crippen LogP contribution in [-0.2, 0) is 16.4 Å². The number of hydrogen-bond donors (Lipinski definition) is 0. The van der Waals surface area contributed by atoms with Crippen molar-refractivity contribution in [2.24, 2.45) is 0 Å². The third kappa shape index (κ3) is 5.09. The van der Waals surface area contributed by atoms with E-state index in [4.69, 9.17) is 0 Å². The Hall–Kier alpha value is -1.52. The summed E-state index contributed by atoms with van der Waals surface area (Å²) in [5.74, 6) is -0.0232. The second-order valence-corrected chi connectivity index (χ2v) is 10.7. The van der Waals surface area contributed by atoms with Gasteiger partial charge in [-0.05, 0) is 45.8 Å². The summed E-state index contributed by atoms with van der Waals surface area (Å²) in [5.41, 5.74) is 0.907. The summed E-state index contributed by atoms with van der Waals surface area (Å²) in [7, 11) is -3.18. The molecule has 0 bridgehead atoms. The average molecular weight is 488 g/mol. The molecule has 0 saturated carbocycles. The van der Waals surface area contributed by atoms with Crippen molar-refractivity contribution in [2.45, 2.75) is 31.1 Å². The molecule has 1 aliphatic heterocycles. The first-order valence-electron chi connectivity index (χ1n) is 8.70. The summed E-state index contributed by atoms with van der Waals surface area (Å²) in [5, 5.41) is 0.481. The number of halogens is 2. The maximum absolute atomic E-state index is 13.3. The highest BCUT2D eigenvalue weighted by Gasteiger charge is 2.36. The van der Waals surface area contributed by atoms with Crippen molar-refractivity contribution in [1.82, 2.24) is 14.9 Å². The van der Waals surface area contributed by atoms with Crippen LogP contribution in [0.4, 0.5) is 4.39 Å². The number of hydrogen-bond acceptors (Lipinski definition) is 6. The summed E-state index contributed by atoms with van der Waals surface area (Å²) < 4.78 is 37.6. The van der Waals surface area contributed by atoms with E-state index < -0.39 is 15.9 Å². The fourth-order valence-electron chi connectivity index (χ4n) is 3.01. The Kier molecular flexibility index (Phi) is 6.72. The van der Waals surface area contributed by atoms with E-state index in [0.29, 0.717) is 21.6 Å². The zero-order chi connectivity index (χ0) is 20.3. The van der Waals surface area contributed by atoms with Crippen LogP contribution >= 0.6 is 27.7 Å². The molecule has 2 aromatic rings. The summed E-state index contributed by atoms with van der Waals surface area (Å²) in [6.45, 7) is 2.13. The zero-order valence-corrected chi connectivity index (χ0v) is 18.4. The van der Waals surface area contributed by atoms with Gasteiger partial charge < -0.3 is 4.90 Å². The lowest BCUT2D eigenvalue weighted by Gasteiger charge is -2.28. The number of thioether (sulfide) groups is 1. The first-order valence-corrected chi connectivity index (χ1v) is 12.3. The molecule has 1 atom stereocenters. The van der Waals surface area contributed by atoms with Crippen LogP contribution in [0.15, 0.2) is 40.1 Å². The van der Waals surface area contributed by atoms with Crippen LogP contribution in [0.1, 0.15) is 29.4 Å². The number of aromatic nitrogens is 2. The number of benzene rings is 1. The molecule has 1 aliphatic rings. The van der Waals surface area contributed by atoms with E-state index in [1.165, 1.54) is 35.0 Å². The van der Waals surface area contributed by atoms with Gasteiger partial charge in [-0.25, -0.2) is 22.8 Å². The molecule has 1 fully saturated rings. The molecule has 0 spiro atoms. The fourth-order valence-corrected chi connectivity index (χ4v) is 5.64. The van der Waals surface area contributed by atoms with Gasteiger partial charge in [-0.1, -0.05) is 30.8 Å². The van der Waals surface area contributed by atoms with Crippen LogP contribution < -0.4 is 0 Å². The number of amides is 1. The molecule has 1 amide bonds. The van der Waals surface area contributed by atoms with Crippen molar-refractivity contribution in [2.75, 3.05) is 17.3 Å². The Labute approximate surface area is 176 Å². The normalized spacial score (nSPS) is 18.2. The molecular weight excluding hydrogens is 469 g/mol. The van der Waals surface area contributed by atoms with Crippen LogP contribution in [-0.4, -0.2) is 52.5 Å². The van der Waals surface area contributed by atoms with Gasteiger partial charge in [0.25, 0.3) is 5.91 Å². The minimum absolute atomic E-state index is 0.0484. The Morgan fingerprint density at radius 2 is 2.07 bits per heavy atom. The molecular formula is C18H19BrFN3O3S2. The van der Waals surface area contributed by atoms with Crippen LogP contribution in [0.3, 0.4) is 0 Å². The van der Waals surface area contributed by atoms with E-state index in [0.717, 1.165) is 5.75 Å². The third-order valence-electron chi connectivity index (χ3n) is 4.37. The number of carbonyl (C=O) groups excluding carboxylic acids is 1. The van der Waals surface area contributed by atoms with E-state index >= 15 is 0 Å². The summed E-state index contributed by atoms with van der Waals surface area (Å²) >= 11 is 4.74. The molecule has 0 radical (unpaired) electrons. The average Bonchev–Trinajstić information content (AvgIpc) is 3.02. The number of nitrogens with zero attached hydrogens (tertiary/aromatic N) is 3. The fraction of sp³-hybridized carbons (Fsp3) is 0.389. The van der Waals surface area contributed by atoms with Crippen LogP contribution in [0.5, 0.6) is 0 Å². The van der Waals surface area contributed by atoms with Crippen LogP contribution in [0.2, 0.25) is 0 Å². The first kappa shape index (κ1) is 21.2. The Bertz CT molecular complexity index is 971. The molecule has 28 heavy (non-hydrogen) atoms. The minimum atomic E-state index is -3.18. The number of carbonyl (C=O) groups is 1. The molecule has 2 heterocycles. The van der Waals surface area contributed by atoms with Crippen molar-refractivity contribution in [1.29, 1.82) is 0 Å². The predicted octanol–water partition coefficient (Wildman–Crippen LogP) is 3.32. The van der Waals surface area contributed by atoms with Gasteiger partial charge in [0.15, 0.2) is 15.0 Å². The predicted molar refractivity (Wildman–Crippen MR) is 109 cm³/mol. The molecule has 1 saturated heterocycles. The highest BCUT2D eigenvalue weighted by atomic mass is 79.9. The molecule has 150 valence electrons. The monoisotopic (exact) mass is 487 g/mol. The van der Waals surface area contributed by atoms with E-state index in [1.54, 1.807) is 12.1 Å². The summed E-state index contributed by atoms with van der Waals surface area (Å²) in [6.07, 6.45) is 1.90. The number of sulfone groups is 1. The van der Waals surface area contributed by atoms with Gasteiger partial charge in [0.05, 0.1) is 16.0 Å². The van der Waals surface area contributed by atoms with E-state index in [1.807, 2.05) is 6.92 Å². The molecule has 6 nitrogen and oxygen atoms in total. The van der Waals surface area contributed by atoms with Crippen molar-refractivity contribution in [3.8, 4) is 0 Å². The second-order valence-electron chi connectivity index (χ2n) is 6.40. The molecule has 10 heteroatoms. The summed E-state index contributed by atoms with van der Waals surface area (Å²) in [6, 6.07) is 5.37. The quantitative estimate of drug-likeness (QED) is 0.459. The van der Waals surface area contributed by atoms with Gasteiger partial charge in [0, 0.05) is 18.8 Å². The zero-order valence-electron chi connectivity index (χ0n) is 15.1. The van der Waals surface area contributed by atoms with Gasteiger partial charge in [-0.3, -0.25) is 4.79 Å². The topological polar surface area (TPSA) is 80.2 Å². The Balaban J connectivity index is 1.94. The van der Waals surface area contributed by atoms with E-state index in [9.17, 15) is 17.6 Å². The van der Waals surface area contributed by atoms with Crippen molar-refractivity contribution in [3.05, 3.63) is 52.0 Å². The molecule has 3 rings (SSSR count). The maximum Gasteiger partial charge on any atom is 0.274 e. The highest BCUT2D eigenvalue weighted by molar-refractivity contribution is 9.10. The van der Waals surface area contributed by atoms with Gasteiger partial charge in [-0.2, -0.15) is 0 Å². The largest absolute Gasteiger partial charge is 0.329 e. The van der Waals surface area contributed by atoms with Gasteiger partial charge in [-0.15, -0.1) is 0 Å². The molecule has 0 N–H and O–H groups in total. The second kappa shape index (κ2) is 8.87. The first-order chi connectivity index (χ1) is 13.3. The lowest BCUT2D eigenvalue weighted by Crippen LogP contribution is -2.41. The SMILES string of the molecule is CCSc1ncc(Br)c(C(=O)N(Cc2ccc(F)cc2)C2CCS(=O)(=O)C2)n1. The van der Waals surface area contributed by atoms with E-state index in [-0.39, 0.29) is 35.5 Å². The van der Waals surface area contributed by atoms with Gasteiger partial charge >= 0.3 is 0 Å². The van der Waals surface area contributed by atoms with Crippen molar-refractivity contribution < 1.29 is 17.6 Å². The maximum atomic E-state index is 13.3. The van der Waals surface area contributed by atoms with Crippen molar-refractivity contribution in [3.63, 3.8) is 0 Å². The van der Waals surface area contributed by atoms with E-state index in [2.05, 4.69) is 25.9 Å². The van der Waals surface area contributed by atoms with Crippen molar-refractivity contribution >= 4 is 43.4 Å². The van der Waals surface area contributed by atoms with Gasteiger partial charge in [0.1, 0.15) is 11.5 Å². The van der Waals surface area contributed by atoms with Crippen LogP contribution in [0.25, 0.3) is 0 Å². The molecule has 1 aromatic carbocycles.